The van der Waals surface area contributed by atoms with Gasteiger partial charge in [0.05, 0.1) is 5.52 Å². The van der Waals surface area contributed by atoms with Crippen LogP contribution in [0.25, 0.3) is 73.0 Å². The quantitative estimate of drug-likeness (QED) is 0.197. The summed E-state index contributed by atoms with van der Waals surface area (Å²) in [6.45, 7) is 0. The third-order valence-corrected chi connectivity index (χ3v) is 7.98. The number of hydrogen-bond donors (Lipinski definition) is 0. The van der Waals surface area contributed by atoms with Crippen molar-refractivity contribution in [2.24, 2.45) is 0 Å². The van der Waals surface area contributed by atoms with Crippen molar-refractivity contribution < 1.29 is 0 Å². The SMILES string of the molecule is c1ccc(-c2nc(-c3ccccc3)nc(-c3cccc(-c4cccc(-c5cn(-c6ccncc6)c6ccccc56)c4)c3)n2)cc1. The van der Waals surface area contributed by atoms with Crippen LogP contribution < -0.4 is 0 Å². The first kappa shape index (κ1) is 26.4. The Labute approximate surface area is 261 Å². The number of fused-ring (bicyclic) bond motifs is 1. The number of nitrogens with zero attached hydrogens (tertiary/aromatic N) is 5. The predicted molar refractivity (Wildman–Crippen MR) is 182 cm³/mol. The van der Waals surface area contributed by atoms with Crippen LogP contribution in [0.2, 0.25) is 0 Å². The number of hydrogen-bond acceptors (Lipinski definition) is 4. The lowest BCUT2D eigenvalue weighted by Gasteiger charge is -2.10. The summed E-state index contributed by atoms with van der Waals surface area (Å²) in [6, 6.07) is 49.9. The Morgan fingerprint density at radius 1 is 0.400 bits per heavy atom. The Balaban J connectivity index is 1.22. The van der Waals surface area contributed by atoms with Crippen LogP contribution in [0, 0.1) is 0 Å². The smallest absolute Gasteiger partial charge is 0.164 e. The van der Waals surface area contributed by atoms with Crippen molar-refractivity contribution in [3.8, 4) is 62.1 Å². The molecule has 3 aromatic heterocycles. The summed E-state index contributed by atoms with van der Waals surface area (Å²) in [4.78, 5) is 18.9. The van der Waals surface area contributed by atoms with Crippen molar-refractivity contribution in [1.82, 2.24) is 24.5 Å². The van der Waals surface area contributed by atoms with Crippen LogP contribution in [0.15, 0.2) is 164 Å². The first-order valence-electron chi connectivity index (χ1n) is 14.9. The standard InChI is InChI=1S/C40H27N5/c1-3-11-28(12-4-1)38-42-39(29-13-5-2-6-14-29)44-40(43-38)33-18-10-16-31(26-33)30-15-9-17-32(25-30)36-27-45(34-21-23-41-24-22-34)37-20-8-7-19-35(36)37/h1-27H. The van der Waals surface area contributed by atoms with Gasteiger partial charge in [-0.15, -0.1) is 0 Å². The van der Waals surface area contributed by atoms with E-state index >= 15 is 0 Å². The van der Waals surface area contributed by atoms with Crippen molar-refractivity contribution in [3.63, 3.8) is 0 Å². The molecule has 0 N–H and O–H groups in total. The Hall–Kier alpha value is -6.20. The molecule has 0 fully saturated rings. The Bertz CT molecular complexity index is 2200. The summed E-state index contributed by atoms with van der Waals surface area (Å²) >= 11 is 0. The molecule has 212 valence electrons. The highest BCUT2D eigenvalue weighted by Crippen LogP contribution is 2.35. The molecule has 8 rings (SSSR count). The second kappa shape index (κ2) is 11.5. The van der Waals surface area contributed by atoms with Gasteiger partial charge in [-0.2, -0.15) is 0 Å². The molecule has 0 aliphatic carbocycles. The first-order chi connectivity index (χ1) is 22.3. The van der Waals surface area contributed by atoms with Crippen LogP contribution in [0.3, 0.4) is 0 Å². The largest absolute Gasteiger partial charge is 0.316 e. The van der Waals surface area contributed by atoms with Gasteiger partial charge in [-0.25, -0.2) is 15.0 Å². The first-order valence-corrected chi connectivity index (χ1v) is 14.9. The monoisotopic (exact) mass is 577 g/mol. The van der Waals surface area contributed by atoms with Gasteiger partial charge in [0, 0.05) is 51.9 Å². The average molecular weight is 578 g/mol. The lowest BCUT2D eigenvalue weighted by Crippen LogP contribution is -2.00. The van der Waals surface area contributed by atoms with Crippen molar-refractivity contribution in [3.05, 3.63) is 164 Å². The Morgan fingerprint density at radius 3 is 1.53 bits per heavy atom. The summed E-state index contributed by atoms with van der Waals surface area (Å²) in [5.74, 6) is 1.94. The molecule has 0 unspecified atom stereocenters. The lowest BCUT2D eigenvalue weighted by molar-refractivity contribution is 1.07. The summed E-state index contributed by atoms with van der Waals surface area (Å²) in [5.41, 5.74) is 9.62. The summed E-state index contributed by atoms with van der Waals surface area (Å²) in [7, 11) is 0. The molecule has 5 heteroatoms. The van der Waals surface area contributed by atoms with E-state index in [-0.39, 0.29) is 0 Å². The summed E-state index contributed by atoms with van der Waals surface area (Å²) in [5, 5.41) is 1.20. The van der Waals surface area contributed by atoms with Crippen LogP contribution in [0.1, 0.15) is 0 Å². The molecule has 0 amide bonds. The van der Waals surface area contributed by atoms with Gasteiger partial charge < -0.3 is 4.57 Å². The molecule has 0 bridgehead atoms. The van der Waals surface area contributed by atoms with Crippen molar-refractivity contribution >= 4 is 10.9 Å². The molecule has 3 heterocycles. The molecule has 5 aromatic carbocycles. The number of rotatable bonds is 6. The number of benzene rings is 5. The number of aromatic nitrogens is 5. The minimum atomic E-state index is 0.640. The normalized spacial score (nSPS) is 11.1. The van der Waals surface area contributed by atoms with Gasteiger partial charge in [-0.3, -0.25) is 4.98 Å². The van der Waals surface area contributed by atoms with E-state index in [0.29, 0.717) is 17.5 Å². The minimum absolute atomic E-state index is 0.640. The van der Waals surface area contributed by atoms with Crippen molar-refractivity contribution in [2.75, 3.05) is 0 Å². The van der Waals surface area contributed by atoms with E-state index in [9.17, 15) is 0 Å². The zero-order valence-corrected chi connectivity index (χ0v) is 24.3. The maximum atomic E-state index is 4.94. The third kappa shape index (κ3) is 5.17. The van der Waals surface area contributed by atoms with Crippen LogP contribution >= 0.6 is 0 Å². The van der Waals surface area contributed by atoms with E-state index < -0.39 is 0 Å². The fourth-order valence-electron chi connectivity index (χ4n) is 5.77. The van der Waals surface area contributed by atoms with Crippen molar-refractivity contribution in [2.45, 2.75) is 0 Å². The molecule has 0 saturated heterocycles. The molecule has 0 saturated carbocycles. The second-order valence-electron chi connectivity index (χ2n) is 10.8. The van der Waals surface area contributed by atoms with E-state index in [1.807, 2.05) is 85.2 Å². The molecule has 0 spiro atoms. The number of para-hydroxylation sites is 1. The van der Waals surface area contributed by atoms with E-state index in [4.69, 9.17) is 15.0 Å². The summed E-state index contributed by atoms with van der Waals surface area (Å²) in [6.07, 6.45) is 5.88. The predicted octanol–water partition coefficient (Wildman–Crippen LogP) is 9.55. The van der Waals surface area contributed by atoms with Gasteiger partial charge in [0.25, 0.3) is 0 Å². The molecule has 0 aliphatic rings. The summed E-state index contributed by atoms with van der Waals surface area (Å²) < 4.78 is 2.23. The van der Waals surface area contributed by atoms with Crippen LogP contribution in [-0.4, -0.2) is 24.5 Å². The van der Waals surface area contributed by atoms with E-state index in [1.54, 1.807) is 0 Å². The minimum Gasteiger partial charge on any atom is -0.316 e. The molecule has 8 aromatic rings. The van der Waals surface area contributed by atoms with E-state index in [0.717, 1.165) is 44.6 Å². The highest BCUT2D eigenvalue weighted by molar-refractivity contribution is 5.97. The van der Waals surface area contributed by atoms with Gasteiger partial charge in [0.2, 0.25) is 0 Å². The third-order valence-electron chi connectivity index (χ3n) is 7.98. The van der Waals surface area contributed by atoms with Gasteiger partial charge in [-0.05, 0) is 47.0 Å². The van der Waals surface area contributed by atoms with Crippen LogP contribution in [0.5, 0.6) is 0 Å². The maximum Gasteiger partial charge on any atom is 0.164 e. The van der Waals surface area contributed by atoms with E-state index in [1.165, 1.54) is 10.9 Å². The average Bonchev–Trinajstić information content (AvgIpc) is 3.53. The maximum absolute atomic E-state index is 4.94. The van der Waals surface area contributed by atoms with Gasteiger partial charge in [0.15, 0.2) is 17.5 Å². The second-order valence-corrected chi connectivity index (χ2v) is 10.8. The molecule has 0 aliphatic heterocycles. The van der Waals surface area contributed by atoms with Crippen LogP contribution in [-0.2, 0) is 0 Å². The van der Waals surface area contributed by atoms with E-state index in [2.05, 4.69) is 88.5 Å². The van der Waals surface area contributed by atoms with Gasteiger partial charge in [-0.1, -0.05) is 115 Å². The Kier molecular flexibility index (Phi) is 6.74. The molecule has 45 heavy (non-hydrogen) atoms. The highest BCUT2D eigenvalue weighted by Gasteiger charge is 2.15. The highest BCUT2D eigenvalue weighted by atomic mass is 15.0. The van der Waals surface area contributed by atoms with Gasteiger partial charge >= 0.3 is 0 Å². The number of pyridine rings is 1. The van der Waals surface area contributed by atoms with Crippen molar-refractivity contribution in [1.29, 1.82) is 0 Å². The van der Waals surface area contributed by atoms with Crippen LogP contribution in [0.4, 0.5) is 0 Å². The lowest BCUT2D eigenvalue weighted by atomic mass is 9.97. The molecular formula is C40H27N5. The molecule has 0 radical (unpaired) electrons. The molecule has 0 atom stereocenters. The zero-order valence-electron chi connectivity index (χ0n) is 24.3. The van der Waals surface area contributed by atoms with Gasteiger partial charge in [0.1, 0.15) is 0 Å². The Morgan fingerprint density at radius 2 is 0.889 bits per heavy atom. The zero-order chi connectivity index (χ0) is 30.0. The topological polar surface area (TPSA) is 56.5 Å². The fourth-order valence-corrected chi connectivity index (χ4v) is 5.77. The molecule has 5 nitrogen and oxygen atoms in total. The molecular weight excluding hydrogens is 550 g/mol. The fraction of sp³-hybridized carbons (Fsp3) is 0.